The van der Waals surface area contributed by atoms with Crippen molar-refractivity contribution in [2.24, 2.45) is 5.11 Å². The Kier molecular flexibility index (Phi) is 2.83. The van der Waals surface area contributed by atoms with Gasteiger partial charge in [0.05, 0.1) is 6.61 Å². The maximum absolute atomic E-state index is 12.9. The third-order valence-electron chi connectivity index (χ3n) is 1.64. The van der Waals surface area contributed by atoms with Gasteiger partial charge >= 0.3 is 0 Å². The van der Waals surface area contributed by atoms with Gasteiger partial charge < -0.3 is 14.9 Å². The smallest absolute Gasteiger partial charge is 0.170 e. The number of ether oxygens (including phenoxy) is 1. The van der Waals surface area contributed by atoms with Gasteiger partial charge in [0.25, 0.3) is 0 Å². The fourth-order valence-corrected chi connectivity index (χ4v) is 1.00. The summed E-state index contributed by atoms with van der Waals surface area (Å²) in [6, 6.07) is 0. The van der Waals surface area contributed by atoms with Gasteiger partial charge in [0.15, 0.2) is 12.4 Å². The molecule has 4 atom stereocenters. The molecule has 0 aromatic carbocycles. The zero-order valence-electron chi connectivity index (χ0n) is 6.04. The number of nitrogens with zero attached hydrogens (tertiary/aromatic N) is 3. The van der Waals surface area contributed by atoms with E-state index in [0.717, 1.165) is 0 Å². The number of hydrogen-bond donors (Lipinski definition) is 2. The van der Waals surface area contributed by atoms with Crippen LogP contribution in [0.4, 0.5) is 4.39 Å². The number of aliphatic hydroxyl groups is 2. The molecule has 2 N–H and O–H groups in total. The molecule has 68 valence electrons. The van der Waals surface area contributed by atoms with Crippen molar-refractivity contribution in [3.05, 3.63) is 10.4 Å². The lowest BCUT2D eigenvalue weighted by Gasteiger charge is -2.08. The Hall–Kier alpha value is -0.880. The third kappa shape index (κ3) is 1.49. The number of alkyl halides is 1. The molecule has 0 radical (unpaired) electrons. The van der Waals surface area contributed by atoms with Crippen molar-refractivity contribution in [3.8, 4) is 0 Å². The van der Waals surface area contributed by atoms with Crippen molar-refractivity contribution in [3.63, 3.8) is 0 Å². The molecule has 0 unspecified atom stereocenters. The number of azide groups is 1. The monoisotopic (exact) mass is 177 g/mol. The molecule has 1 aliphatic rings. The Morgan fingerprint density at radius 1 is 1.67 bits per heavy atom. The van der Waals surface area contributed by atoms with Crippen LogP contribution in [-0.2, 0) is 4.74 Å². The molecule has 0 bridgehead atoms. The Bertz CT molecular complexity index is 208. The fourth-order valence-electron chi connectivity index (χ4n) is 1.00. The van der Waals surface area contributed by atoms with Gasteiger partial charge in [0, 0.05) is 4.91 Å². The molecule has 0 saturated carbocycles. The lowest BCUT2D eigenvalue weighted by atomic mass is 10.1. The highest BCUT2D eigenvalue weighted by Crippen LogP contribution is 2.24. The molecule has 6 nitrogen and oxygen atoms in total. The summed E-state index contributed by atoms with van der Waals surface area (Å²) < 4.78 is 17.5. The third-order valence-corrected chi connectivity index (χ3v) is 1.64. The topological polar surface area (TPSA) is 98.5 Å². The van der Waals surface area contributed by atoms with E-state index in [1.807, 2.05) is 0 Å². The Morgan fingerprint density at radius 3 is 2.75 bits per heavy atom. The van der Waals surface area contributed by atoms with Crippen LogP contribution in [0.2, 0.25) is 0 Å². The van der Waals surface area contributed by atoms with Crippen molar-refractivity contribution in [2.75, 3.05) is 6.61 Å². The average molecular weight is 177 g/mol. The predicted molar refractivity (Wildman–Crippen MR) is 35.8 cm³/mol. The first kappa shape index (κ1) is 9.21. The van der Waals surface area contributed by atoms with Gasteiger partial charge in [-0.05, 0) is 5.53 Å². The Balaban J connectivity index is 2.66. The van der Waals surface area contributed by atoms with Crippen LogP contribution in [0.5, 0.6) is 0 Å². The Morgan fingerprint density at radius 2 is 2.33 bits per heavy atom. The maximum atomic E-state index is 12.9. The summed E-state index contributed by atoms with van der Waals surface area (Å²) in [7, 11) is 0. The molecule has 1 fully saturated rings. The highest BCUT2D eigenvalue weighted by atomic mass is 19.1. The van der Waals surface area contributed by atoms with E-state index in [4.69, 9.17) is 15.7 Å². The minimum absolute atomic E-state index is 0.501. The first-order chi connectivity index (χ1) is 5.70. The van der Waals surface area contributed by atoms with Crippen LogP contribution in [0, 0.1) is 0 Å². The van der Waals surface area contributed by atoms with Crippen LogP contribution in [-0.4, -0.2) is 41.4 Å². The zero-order chi connectivity index (χ0) is 9.14. The second-order valence-corrected chi connectivity index (χ2v) is 2.39. The number of hydrogen-bond acceptors (Lipinski definition) is 4. The van der Waals surface area contributed by atoms with Gasteiger partial charge in [-0.15, -0.1) is 0 Å². The summed E-state index contributed by atoms with van der Waals surface area (Å²) in [6.07, 6.45) is -5.53. The molecule has 0 aromatic rings. The van der Waals surface area contributed by atoms with E-state index in [9.17, 15) is 4.39 Å². The van der Waals surface area contributed by atoms with Gasteiger partial charge in [-0.2, -0.15) is 0 Å². The van der Waals surface area contributed by atoms with Gasteiger partial charge in [0.1, 0.15) is 12.2 Å². The van der Waals surface area contributed by atoms with Crippen LogP contribution in [0.25, 0.3) is 10.4 Å². The largest absolute Gasteiger partial charge is 0.394 e. The van der Waals surface area contributed by atoms with Crippen LogP contribution in [0.1, 0.15) is 0 Å². The highest BCUT2D eigenvalue weighted by molar-refractivity contribution is 4.89. The number of rotatable bonds is 2. The zero-order valence-corrected chi connectivity index (χ0v) is 6.04. The van der Waals surface area contributed by atoms with Crippen LogP contribution < -0.4 is 0 Å². The first-order valence-corrected chi connectivity index (χ1v) is 3.33. The average Bonchev–Trinajstić information content (AvgIpc) is 2.33. The van der Waals surface area contributed by atoms with Crippen LogP contribution >= 0.6 is 0 Å². The van der Waals surface area contributed by atoms with Crippen molar-refractivity contribution in [2.45, 2.75) is 24.6 Å². The molecule has 0 aliphatic carbocycles. The molecule has 0 aromatic heterocycles. The summed E-state index contributed by atoms with van der Waals surface area (Å²) in [5, 5.41) is 20.5. The number of halogens is 1. The lowest BCUT2D eigenvalue weighted by molar-refractivity contribution is -0.0198. The molecule has 1 saturated heterocycles. The maximum Gasteiger partial charge on any atom is 0.170 e. The Labute approximate surface area is 67.2 Å². The summed E-state index contributed by atoms with van der Waals surface area (Å²) in [5.41, 5.74) is 7.96. The van der Waals surface area contributed by atoms with E-state index >= 15 is 0 Å². The van der Waals surface area contributed by atoms with E-state index in [0.29, 0.717) is 0 Å². The van der Waals surface area contributed by atoms with Gasteiger partial charge in [-0.3, -0.25) is 0 Å². The minimum Gasteiger partial charge on any atom is -0.394 e. The molecule has 1 heterocycles. The van der Waals surface area contributed by atoms with E-state index in [1.54, 1.807) is 0 Å². The molecule has 12 heavy (non-hydrogen) atoms. The molecule has 1 rings (SSSR count). The second-order valence-electron chi connectivity index (χ2n) is 2.39. The van der Waals surface area contributed by atoms with Crippen LogP contribution in [0.3, 0.4) is 0 Å². The van der Waals surface area contributed by atoms with Crippen molar-refractivity contribution >= 4 is 0 Å². The fraction of sp³-hybridized carbons (Fsp3) is 1.00. The predicted octanol–water partition coefficient (Wildman–Crippen LogP) is -0.287. The molecular weight excluding hydrogens is 169 g/mol. The normalized spacial score (nSPS) is 40.9. The van der Waals surface area contributed by atoms with Gasteiger partial charge in [-0.1, -0.05) is 5.11 Å². The van der Waals surface area contributed by atoms with Crippen molar-refractivity contribution in [1.29, 1.82) is 0 Å². The van der Waals surface area contributed by atoms with Crippen molar-refractivity contribution < 1.29 is 19.3 Å². The summed E-state index contributed by atoms with van der Waals surface area (Å²) in [4.78, 5) is 2.34. The summed E-state index contributed by atoms with van der Waals surface area (Å²) in [5.74, 6) is 0. The van der Waals surface area contributed by atoms with Gasteiger partial charge in [-0.25, -0.2) is 4.39 Å². The minimum atomic E-state index is -1.77. The molecule has 0 amide bonds. The number of aliphatic hydroxyl groups excluding tert-OH is 2. The van der Waals surface area contributed by atoms with Crippen LogP contribution in [0.15, 0.2) is 5.11 Å². The highest BCUT2D eigenvalue weighted by Gasteiger charge is 2.43. The van der Waals surface area contributed by atoms with E-state index < -0.39 is 31.2 Å². The molecule has 1 aliphatic heterocycles. The molecular formula is C5H8FN3O3. The standard InChI is InChI=1S/C5H8FN3O3/c6-3-4(11)2(1-10)12-5(3)8-9-7/h2-5,10-11H,1H2/t2-,3-,4-,5-/m1/s1. The summed E-state index contributed by atoms with van der Waals surface area (Å²) >= 11 is 0. The second kappa shape index (κ2) is 3.68. The lowest BCUT2D eigenvalue weighted by Crippen LogP contribution is -2.30. The van der Waals surface area contributed by atoms with E-state index in [2.05, 4.69) is 14.8 Å². The SMILES string of the molecule is [N-]=[N+]=N[C@@H]1O[C@H](CO)[C@@H](O)[C@H]1F. The van der Waals surface area contributed by atoms with E-state index in [-0.39, 0.29) is 0 Å². The summed E-state index contributed by atoms with van der Waals surface area (Å²) in [6.45, 7) is -0.501. The van der Waals surface area contributed by atoms with Gasteiger partial charge in [0.2, 0.25) is 0 Å². The molecule has 0 spiro atoms. The molecule has 7 heteroatoms. The van der Waals surface area contributed by atoms with Crippen molar-refractivity contribution in [1.82, 2.24) is 0 Å². The first-order valence-electron chi connectivity index (χ1n) is 3.33. The van der Waals surface area contributed by atoms with E-state index in [1.165, 1.54) is 0 Å². The quantitative estimate of drug-likeness (QED) is 0.344.